The van der Waals surface area contributed by atoms with Gasteiger partial charge in [-0.05, 0) is 129 Å². The summed E-state index contributed by atoms with van der Waals surface area (Å²) in [5.74, 6) is 0. The zero-order valence-corrected chi connectivity index (χ0v) is 26.5. The summed E-state index contributed by atoms with van der Waals surface area (Å²) < 4.78 is 2.68. The van der Waals surface area contributed by atoms with Gasteiger partial charge in [0.2, 0.25) is 0 Å². The third kappa shape index (κ3) is 6.37. The minimum atomic E-state index is 1.19. The molecule has 0 aliphatic heterocycles. The summed E-state index contributed by atoms with van der Waals surface area (Å²) in [6.45, 7) is 4.40. The van der Waals surface area contributed by atoms with Crippen LogP contribution >= 0.6 is 22.7 Å². The molecular formula is C41H36S2. The molecule has 0 spiro atoms. The highest BCUT2D eigenvalue weighted by Gasteiger charge is 2.07. The summed E-state index contributed by atoms with van der Waals surface area (Å²) in [6, 6.07) is 36.6. The summed E-state index contributed by atoms with van der Waals surface area (Å²) in [5, 5.41) is 7.85. The van der Waals surface area contributed by atoms with Crippen LogP contribution in [0.25, 0.3) is 66.0 Å². The lowest BCUT2D eigenvalue weighted by Gasteiger charge is -2.04. The third-order valence-corrected chi connectivity index (χ3v) is 10.5. The van der Waals surface area contributed by atoms with Crippen LogP contribution < -0.4 is 0 Å². The van der Waals surface area contributed by atoms with Gasteiger partial charge in [0.15, 0.2) is 0 Å². The molecule has 0 radical (unpaired) electrons. The fourth-order valence-corrected chi connectivity index (χ4v) is 7.86. The van der Waals surface area contributed by atoms with Crippen LogP contribution in [0.5, 0.6) is 0 Å². The first-order chi connectivity index (χ1) is 21.1. The van der Waals surface area contributed by atoms with Crippen LogP contribution in [0.4, 0.5) is 0 Å². The van der Waals surface area contributed by atoms with Crippen LogP contribution in [0.2, 0.25) is 0 Å². The Bertz CT molecular complexity index is 2010. The fraction of sp³-hybridized carbons (Fsp3) is 0.171. The highest BCUT2D eigenvalue weighted by molar-refractivity contribution is 7.20. The van der Waals surface area contributed by atoms with Crippen LogP contribution in [0.15, 0.2) is 97.1 Å². The highest BCUT2D eigenvalue weighted by atomic mass is 32.1. The first kappa shape index (κ1) is 27.8. The minimum Gasteiger partial charge on any atom is -0.136 e. The van der Waals surface area contributed by atoms with Crippen molar-refractivity contribution in [3.05, 3.63) is 129 Å². The summed E-state index contributed by atoms with van der Waals surface area (Å²) >= 11 is 3.74. The van der Waals surface area contributed by atoms with Gasteiger partial charge < -0.3 is 0 Å². The molecule has 0 aliphatic rings. The number of hydrogen-bond donors (Lipinski definition) is 0. The fourth-order valence-electron chi connectivity index (χ4n) is 5.87. The largest absolute Gasteiger partial charge is 0.136 e. The quantitative estimate of drug-likeness (QED) is 0.116. The van der Waals surface area contributed by atoms with E-state index in [9.17, 15) is 0 Å². The Labute approximate surface area is 262 Å². The molecule has 0 unspecified atom stereocenters. The molecule has 0 aliphatic carbocycles. The SMILES string of the molecule is CCCCCCc1ccc(/C=C/c2cc3cc4cc5cc6cc(/C=C/c7ccc(C)cc7)sc6cc5cc4cc3s2)cc1. The maximum Gasteiger partial charge on any atom is 0.0355 e. The van der Waals surface area contributed by atoms with E-state index in [0.717, 1.165) is 0 Å². The molecule has 212 valence electrons. The molecule has 0 N–H and O–H groups in total. The van der Waals surface area contributed by atoms with E-state index >= 15 is 0 Å². The van der Waals surface area contributed by atoms with Crippen LogP contribution in [-0.2, 0) is 6.42 Å². The van der Waals surface area contributed by atoms with Gasteiger partial charge in [-0.25, -0.2) is 0 Å². The van der Waals surface area contributed by atoms with Crippen molar-refractivity contribution in [2.75, 3.05) is 0 Å². The predicted molar refractivity (Wildman–Crippen MR) is 196 cm³/mol. The van der Waals surface area contributed by atoms with Crippen molar-refractivity contribution >= 4 is 88.7 Å². The summed E-state index contributed by atoms with van der Waals surface area (Å²) in [4.78, 5) is 2.58. The van der Waals surface area contributed by atoms with Gasteiger partial charge in [0.25, 0.3) is 0 Å². The van der Waals surface area contributed by atoms with Crippen LogP contribution in [0.3, 0.4) is 0 Å². The number of aryl methyl sites for hydroxylation is 2. The van der Waals surface area contributed by atoms with Gasteiger partial charge in [-0.2, -0.15) is 0 Å². The van der Waals surface area contributed by atoms with Gasteiger partial charge in [-0.3, -0.25) is 0 Å². The molecule has 2 aromatic heterocycles. The average Bonchev–Trinajstić information content (AvgIpc) is 3.61. The van der Waals surface area contributed by atoms with Crippen LogP contribution in [-0.4, -0.2) is 0 Å². The first-order valence-corrected chi connectivity index (χ1v) is 17.1. The molecular weight excluding hydrogens is 557 g/mol. The highest BCUT2D eigenvalue weighted by Crippen LogP contribution is 2.36. The zero-order valence-electron chi connectivity index (χ0n) is 24.9. The third-order valence-electron chi connectivity index (χ3n) is 8.36. The molecule has 0 saturated carbocycles. The van der Waals surface area contributed by atoms with E-state index in [1.165, 1.54) is 106 Å². The lowest BCUT2D eigenvalue weighted by Crippen LogP contribution is -1.85. The lowest BCUT2D eigenvalue weighted by atomic mass is 10.0. The van der Waals surface area contributed by atoms with Gasteiger partial charge in [0.05, 0.1) is 0 Å². The van der Waals surface area contributed by atoms with E-state index in [-0.39, 0.29) is 0 Å². The number of rotatable bonds is 9. The van der Waals surface area contributed by atoms with E-state index < -0.39 is 0 Å². The summed E-state index contributed by atoms with van der Waals surface area (Å²) in [6.07, 6.45) is 15.4. The normalized spacial score (nSPS) is 12.2. The molecule has 7 aromatic rings. The topological polar surface area (TPSA) is 0 Å². The van der Waals surface area contributed by atoms with Crippen molar-refractivity contribution in [3.63, 3.8) is 0 Å². The van der Waals surface area contributed by atoms with Gasteiger partial charge in [-0.15, -0.1) is 22.7 Å². The van der Waals surface area contributed by atoms with Crippen LogP contribution in [0, 0.1) is 6.92 Å². The minimum absolute atomic E-state index is 1.19. The predicted octanol–water partition coefficient (Wildman–Crippen LogP) is 13.2. The van der Waals surface area contributed by atoms with Gasteiger partial charge >= 0.3 is 0 Å². The molecule has 5 aromatic carbocycles. The van der Waals surface area contributed by atoms with Crippen molar-refractivity contribution in [3.8, 4) is 0 Å². The van der Waals surface area contributed by atoms with Crippen molar-refractivity contribution in [1.29, 1.82) is 0 Å². The zero-order chi connectivity index (χ0) is 29.2. The number of unbranched alkanes of at least 4 members (excludes halogenated alkanes) is 3. The first-order valence-electron chi connectivity index (χ1n) is 15.5. The Kier molecular flexibility index (Phi) is 7.98. The molecule has 0 amide bonds. The Hall–Kier alpha value is -3.98. The number of hydrogen-bond acceptors (Lipinski definition) is 2. The van der Waals surface area contributed by atoms with Crippen molar-refractivity contribution in [1.82, 2.24) is 0 Å². The molecule has 0 bridgehead atoms. The van der Waals surface area contributed by atoms with Crippen molar-refractivity contribution in [2.45, 2.75) is 46.0 Å². The van der Waals surface area contributed by atoms with Gasteiger partial charge in [0, 0.05) is 19.2 Å². The van der Waals surface area contributed by atoms with E-state index in [4.69, 9.17) is 0 Å². The second-order valence-electron chi connectivity index (χ2n) is 11.8. The average molecular weight is 593 g/mol. The molecule has 43 heavy (non-hydrogen) atoms. The maximum atomic E-state index is 2.37. The molecule has 0 atom stereocenters. The Morgan fingerprint density at radius 1 is 0.488 bits per heavy atom. The van der Waals surface area contributed by atoms with Gasteiger partial charge in [0.1, 0.15) is 0 Å². The number of benzene rings is 5. The molecule has 7 rings (SSSR count). The van der Waals surface area contributed by atoms with Crippen molar-refractivity contribution in [2.24, 2.45) is 0 Å². The Morgan fingerprint density at radius 3 is 1.51 bits per heavy atom. The maximum absolute atomic E-state index is 2.37. The van der Waals surface area contributed by atoms with E-state index in [1.807, 2.05) is 22.7 Å². The Morgan fingerprint density at radius 2 is 0.977 bits per heavy atom. The molecule has 0 nitrogen and oxygen atoms in total. The number of fused-ring (bicyclic) bond motifs is 4. The second kappa shape index (κ2) is 12.3. The second-order valence-corrected chi connectivity index (χ2v) is 14.0. The van der Waals surface area contributed by atoms with E-state index in [1.54, 1.807) is 0 Å². The molecule has 2 heteroatoms. The van der Waals surface area contributed by atoms with Crippen LogP contribution in [0.1, 0.15) is 64.6 Å². The van der Waals surface area contributed by atoms with Crippen molar-refractivity contribution < 1.29 is 0 Å². The lowest BCUT2D eigenvalue weighted by molar-refractivity contribution is 0.667. The summed E-state index contributed by atoms with van der Waals surface area (Å²) in [5.41, 5.74) is 5.24. The van der Waals surface area contributed by atoms with E-state index in [0.29, 0.717) is 0 Å². The summed E-state index contributed by atoms with van der Waals surface area (Å²) in [7, 11) is 0. The molecule has 0 saturated heterocycles. The monoisotopic (exact) mass is 592 g/mol. The van der Waals surface area contributed by atoms with Gasteiger partial charge in [-0.1, -0.05) is 92.4 Å². The molecule has 2 heterocycles. The number of thiophene rings is 2. The van der Waals surface area contributed by atoms with E-state index in [2.05, 4.69) is 135 Å². The smallest absolute Gasteiger partial charge is 0.0355 e. The molecule has 0 fully saturated rings. The Balaban J connectivity index is 1.12. The standard InChI is InChI=1S/C41H36S2/c1-3-4-5-6-7-29-12-14-31(15-13-29)17-19-39-25-37-23-33-20-32-22-36-24-38(18-16-30-10-8-28(2)9-11-30)42-40(36)26-34(32)21-35(33)27-41(37)43-39/h8-27H,3-7H2,1-2H3/b18-16+,19-17+.